The molecular formula is C13H21NO3S2. The fraction of sp³-hybridized carbons (Fsp3) is 0.538. The zero-order valence-electron chi connectivity index (χ0n) is 11.5. The molecule has 0 bridgehead atoms. The topological polar surface area (TPSA) is 66.4 Å². The van der Waals surface area contributed by atoms with Gasteiger partial charge in [0.05, 0.1) is 11.5 Å². The number of aryl methyl sites for hydroxylation is 1. The minimum absolute atomic E-state index is 0.160. The third-order valence-electron chi connectivity index (χ3n) is 2.97. The number of rotatable bonds is 7. The van der Waals surface area contributed by atoms with Crippen LogP contribution in [0.4, 0.5) is 0 Å². The van der Waals surface area contributed by atoms with Crippen molar-refractivity contribution in [2.24, 2.45) is 0 Å². The van der Waals surface area contributed by atoms with Gasteiger partial charge in [0.25, 0.3) is 0 Å². The van der Waals surface area contributed by atoms with Crippen molar-refractivity contribution in [1.82, 2.24) is 4.72 Å². The van der Waals surface area contributed by atoms with E-state index >= 15 is 0 Å². The first-order valence-corrected chi connectivity index (χ1v) is 8.90. The highest BCUT2D eigenvalue weighted by atomic mass is 32.2. The average molecular weight is 303 g/mol. The zero-order chi connectivity index (χ0) is 14.5. The SMILES string of the molecule is CSC(C)CCNS(=O)(=O)c1cc(CO)ccc1C. The molecule has 0 aliphatic heterocycles. The number of sulfonamides is 1. The Balaban J connectivity index is 2.82. The third-order valence-corrected chi connectivity index (χ3v) is 5.61. The van der Waals surface area contributed by atoms with Gasteiger partial charge >= 0.3 is 0 Å². The summed E-state index contributed by atoms with van der Waals surface area (Å²) >= 11 is 1.71. The van der Waals surface area contributed by atoms with Crippen LogP contribution in [0.3, 0.4) is 0 Å². The van der Waals surface area contributed by atoms with Gasteiger partial charge in [0.1, 0.15) is 0 Å². The van der Waals surface area contributed by atoms with E-state index in [1.807, 2.05) is 6.26 Å². The first-order chi connectivity index (χ1) is 8.90. The van der Waals surface area contributed by atoms with Crippen LogP contribution in [-0.4, -0.2) is 31.6 Å². The van der Waals surface area contributed by atoms with E-state index in [0.717, 1.165) is 6.42 Å². The molecule has 0 radical (unpaired) electrons. The molecule has 1 aromatic carbocycles. The summed E-state index contributed by atoms with van der Waals surface area (Å²) in [6, 6.07) is 4.96. The number of aliphatic hydroxyl groups excluding tert-OH is 1. The minimum atomic E-state index is -3.50. The Morgan fingerprint density at radius 3 is 2.68 bits per heavy atom. The summed E-state index contributed by atoms with van der Waals surface area (Å²) in [7, 11) is -3.50. The Kier molecular flexibility index (Phi) is 6.32. The van der Waals surface area contributed by atoms with Gasteiger partial charge < -0.3 is 5.11 Å². The molecule has 1 rings (SSSR count). The van der Waals surface area contributed by atoms with Gasteiger partial charge in [-0.15, -0.1) is 0 Å². The van der Waals surface area contributed by atoms with E-state index in [-0.39, 0.29) is 11.5 Å². The van der Waals surface area contributed by atoms with Crippen LogP contribution in [0.5, 0.6) is 0 Å². The molecule has 1 aromatic rings. The van der Waals surface area contributed by atoms with Crippen LogP contribution in [0.2, 0.25) is 0 Å². The van der Waals surface area contributed by atoms with E-state index in [4.69, 9.17) is 5.11 Å². The quantitative estimate of drug-likeness (QED) is 0.807. The van der Waals surface area contributed by atoms with E-state index in [1.54, 1.807) is 30.8 Å². The van der Waals surface area contributed by atoms with Gasteiger partial charge in [-0.25, -0.2) is 13.1 Å². The lowest BCUT2D eigenvalue weighted by Crippen LogP contribution is -2.27. The van der Waals surface area contributed by atoms with Gasteiger partial charge in [-0.3, -0.25) is 0 Å². The van der Waals surface area contributed by atoms with Gasteiger partial charge in [0.15, 0.2) is 0 Å². The predicted octanol–water partition coefficient (Wildman–Crippen LogP) is 1.91. The van der Waals surface area contributed by atoms with Crippen molar-refractivity contribution in [3.63, 3.8) is 0 Å². The summed E-state index contributed by atoms with van der Waals surface area (Å²) in [6.45, 7) is 4.08. The maximum Gasteiger partial charge on any atom is 0.240 e. The Bertz CT molecular complexity index is 515. The van der Waals surface area contributed by atoms with Gasteiger partial charge in [-0.05, 0) is 36.8 Å². The Hall–Kier alpha value is -0.560. The molecule has 19 heavy (non-hydrogen) atoms. The normalized spacial score (nSPS) is 13.5. The van der Waals surface area contributed by atoms with Crippen LogP contribution in [0, 0.1) is 6.92 Å². The molecule has 0 aliphatic carbocycles. The molecule has 1 unspecified atom stereocenters. The highest BCUT2D eigenvalue weighted by Gasteiger charge is 2.17. The van der Waals surface area contributed by atoms with Gasteiger partial charge in [-0.1, -0.05) is 19.1 Å². The summed E-state index contributed by atoms with van der Waals surface area (Å²) in [6.07, 6.45) is 2.80. The van der Waals surface area contributed by atoms with Crippen LogP contribution >= 0.6 is 11.8 Å². The highest BCUT2D eigenvalue weighted by molar-refractivity contribution is 7.99. The van der Waals surface area contributed by atoms with Crippen molar-refractivity contribution in [1.29, 1.82) is 0 Å². The molecule has 4 nitrogen and oxygen atoms in total. The lowest BCUT2D eigenvalue weighted by molar-refractivity contribution is 0.281. The summed E-state index contributed by atoms with van der Waals surface area (Å²) in [5.74, 6) is 0. The summed E-state index contributed by atoms with van der Waals surface area (Å²) in [5.41, 5.74) is 1.28. The molecule has 0 aromatic heterocycles. The predicted molar refractivity (Wildman–Crippen MR) is 79.9 cm³/mol. The van der Waals surface area contributed by atoms with Crippen LogP contribution in [-0.2, 0) is 16.6 Å². The van der Waals surface area contributed by atoms with Crippen LogP contribution < -0.4 is 4.72 Å². The Morgan fingerprint density at radius 1 is 1.42 bits per heavy atom. The maximum absolute atomic E-state index is 12.2. The van der Waals surface area contributed by atoms with Crippen molar-refractivity contribution < 1.29 is 13.5 Å². The molecule has 108 valence electrons. The van der Waals surface area contributed by atoms with Crippen LogP contribution in [0.25, 0.3) is 0 Å². The number of nitrogens with one attached hydrogen (secondary N) is 1. The molecular weight excluding hydrogens is 282 g/mol. The van der Waals surface area contributed by atoms with Crippen molar-refractivity contribution in [3.8, 4) is 0 Å². The second-order valence-corrected chi connectivity index (χ2v) is 7.50. The number of hydrogen-bond donors (Lipinski definition) is 2. The molecule has 0 saturated carbocycles. The minimum Gasteiger partial charge on any atom is -0.392 e. The monoisotopic (exact) mass is 303 g/mol. The molecule has 0 heterocycles. The van der Waals surface area contributed by atoms with Crippen LogP contribution in [0.15, 0.2) is 23.1 Å². The van der Waals surface area contributed by atoms with E-state index in [0.29, 0.717) is 22.9 Å². The molecule has 0 aliphatic rings. The number of hydrogen-bond acceptors (Lipinski definition) is 4. The van der Waals surface area contributed by atoms with E-state index in [9.17, 15) is 8.42 Å². The lowest BCUT2D eigenvalue weighted by Gasteiger charge is -2.12. The van der Waals surface area contributed by atoms with Crippen molar-refractivity contribution in [3.05, 3.63) is 29.3 Å². The number of thioether (sulfide) groups is 1. The third kappa shape index (κ3) is 4.80. The highest BCUT2D eigenvalue weighted by Crippen LogP contribution is 2.17. The van der Waals surface area contributed by atoms with Crippen molar-refractivity contribution in [2.45, 2.75) is 37.0 Å². The number of aliphatic hydroxyl groups is 1. The fourth-order valence-corrected chi connectivity index (χ4v) is 3.32. The summed E-state index contributed by atoms with van der Waals surface area (Å²) in [4.78, 5) is 0.246. The first-order valence-electron chi connectivity index (χ1n) is 6.13. The van der Waals surface area contributed by atoms with Crippen molar-refractivity contribution >= 4 is 21.8 Å². The molecule has 0 saturated heterocycles. The fourth-order valence-electron chi connectivity index (χ4n) is 1.62. The molecule has 2 N–H and O–H groups in total. The smallest absolute Gasteiger partial charge is 0.240 e. The van der Waals surface area contributed by atoms with E-state index in [1.165, 1.54) is 6.07 Å². The maximum atomic E-state index is 12.2. The second kappa shape index (κ2) is 7.28. The Labute approximate surface area is 119 Å². The van der Waals surface area contributed by atoms with Gasteiger partial charge in [0, 0.05) is 11.8 Å². The molecule has 0 amide bonds. The first kappa shape index (κ1) is 16.5. The number of benzene rings is 1. The summed E-state index contributed by atoms with van der Waals surface area (Å²) in [5, 5.41) is 9.51. The van der Waals surface area contributed by atoms with E-state index in [2.05, 4.69) is 11.6 Å². The lowest BCUT2D eigenvalue weighted by atomic mass is 10.2. The van der Waals surface area contributed by atoms with E-state index < -0.39 is 10.0 Å². The largest absolute Gasteiger partial charge is 0.392 e. The average Bonchev–Trinajstić information content (AvgIpc) is 2.38. The van der Waals surface area contributed by atoms with Gasteiger partial charge in [0.2, 0.25) is 10.0 Å². The summed E-state index contributed by atoms with van der Waals surface area (Å²) < 4.78 is 27.0. The van der Waals surface area contributed by atoms with Gasteiger partial charge in [-0.2, -0.15) is 11.8 Å². The molecule has 0 spiro atoms. The molecule has 0 fully saturated rings. The molecule has 1 atom stereocenters. The Morgan fingerprint density at radius 2 is 2.11 bits per heavy atom. The second-order valence-electron chi connectivity index (χ2n) is 4.49. The van der Waals surface area contributed by atoms with Crippen LogP contribution in [0.1, 0.15) is 24.5 Å². The zero-order valence-corrected chi connectivity index (χ0v) is 13.1. The van der Waals surface area contributed by atoms with Crippen molar-refractivity contribution in [2.75, 3.05) is 12.8 Å². The standard InChI is InChI=1S/C13H21NO3S2/c1-10-4-5-12(9-15)8-13(10)19(16,17)14-7-6-11(2)18-3/h4-5,8,11,14-15H,6-7,9H2,1-3H3. The molecule has 6 heteroatoms.